The van der Waals surface area contributed by atoms with Gasteiger partial charge in [0.2, 0.25) is 0 Å². The van der Waals surface area contributed by atoms with E-state index in [1.54, 1.807) is 6.20 Å². The second-order valence-electron chi connectivity index (χ2n) is 12.4. The molecule has 1 aromatic carbocycles. The molecule has 1 spiro atoms. The van der Waals surface area contributed by atoms with E-state index in [1.165, 1.54) is 58.3 Å². The highest BCUT2D eigenvalue weighted by Crippen LogP contribution is 2.41. The van der Waals surface area contributed by atoms with E-state index in [0.29, 0.717) is 12.0 Å². The first-order valence-corrected chi connectivity index (χ1v) is 16.0. The minimum Gasteiger partial charge on any atom is -0.481 e. The molecule has 2 fully saturated rings. The number of carbonyl (C=O) groups is 1. The van der Waals surface area contributed by atoms with Gasteiger partial charge < -0.3 is 29.8 Å². The molecule has 3 aromatic rings. The minimum atomic E-state index is -0.813. The van der Waals surface area contributed by atoms with Crippen LogP contribution in [-0.4, -0.2) is 79.2 Å². The van der Waals surface area contributed by atoms with E-state index in [4.69, 9.17) is 10.1 Å². The first-order chi connectivity index (χ1) is 20.5. The maximum Gasteiger partial charge on any atom is 0.307 e. The van der Waals surface area contributed by atoms with E-state index in [0.717, 1.165) is 54.7 Å². The van der Waals surface area contributed by atoms with E-state index in [2.05, 4.69) is 49.7 Å². The predicted octanol–water partition coefficient (Wildman–Crippen LogP) is 4.67. The summed E-state index contributed by atoms with van der Waals surface area (Å²) in [6.45, 7) is 12.5. The Bertz CT molecular complexity index is 1230. The number of carboxylic acid groups (broad SMARTS) is 1. The number of H-pyrrole nitrogens is 1. The SMILES string of the molecule is CCC(CC)N1CCC2(CCN(CCCn3ccnc3CC(NCc3ccc(CC(=O)O)cc3)c3ncc[nH]3)C2)CC1. The zero-order valence-electron chi connectivity index (χ0n) is 25.5. The van der Waals surface area contributed by atoms with Crippen molar-refractivity contribution < 1.29 is 9.90 Å². The molecule has 5 rings (SSSR count). The molecule has 228 valence electrons. The number of likely N-dealkylation sites (tertiary alicyclic amines) is 2. The highest BCUT2D eigenvalue weighted by molar-refractivity contribution is 5.70. The lowest BCUT2D eigenvalue weighted by atomic mass is 9.77. The molecule has 1 unspecified atom stereocenters. The molecule has 9 heteroatoms. The van der Waals surface area contributed by atoms with Gasteiger partial charge in [0.1, 0.15) is 11.6 Å². The van der Waals surface area contributed by atoms with Crippen LogP contribution in [0.2, 0.25) is 0 Å². The fourth-order valence-corrected chi connectivity index (χ4v) is 7.10. The third-order valence-corrected chi connectivity index (χ3v) is 9.68. The lowest BCUT2D eigenvalue weighted by Crippen LogP contribution is -2.45. The summed E-state index contributed by atoms with van der Waals surface area (Å²) in [6.07, 6.45) is 16.2. The van der Waals surface area contributed by atoms with Gasteiger partial charge in [0.15, 0.2) is 0 Å². The van der Waals surface area contributed by atoms with Gasteiger partial charge in [0.25, 0.3) is 0 Å². The lowest BCUT2D eigenvalue weighted by Gasteiger charge is -2.42. The largest absolute Gasteiger partial charge is 0.481 e. The van der Waals surface area contributed by atoms with E-state index >= 15 is 0 Å². The molecule has 1 atom stereocenters. The number of aliphatic carboxylic acids is 1. The van der Waals surface area contributed by atoms with Crippen LogP contribution in [0.1, 0.15) is 81.2 Å². The van der Waals surface area contributed by atoms with Crippen LogP contribution in [0.3, 0.4) is 0 Å². The third kappa shape index (κ3) is 7.88. The maximum absolute atomic E-state index is 11.0. The summed E-state index contributed by atoms with van der Waals surface area (Å²) >= 11 is 0. The van der Waals surface area contributed by atoms with E-state index in [-0.39, 0.29) is 12.5 Å². The summed E-state index contributed by atoms with van der Waals surface area (Å²) in [4.78, 5) is 29.0. The molecule has 4 heterocycles. The Morgan fingerprint density at radius 1 is 1.02 bits per heavy atom. The van der Waals surface area contributed by atoms with Crippen molar-refractivity contribution in [3.05, 3.63) is 71.8 Å². The zero-order valence-corrected chi connectivity index (χ0v) is 25.5. The van der Waals surface area contributed by atoms with Gasteiger partial charge in [-0.05, 0) is 81.2 Å². The van der Waals surface area contributed by atoms with Crippen molar-refractivity contribution in [1.82, 2.24) is 34.6 Å². The molecule has 42 heavy (non-hydrogen) atoms. The standard InChI is InChI=1S/C33H49N7O2/c1-3-28(4-2)39-19-11-33(12-20-39)10-18-38(25-33)16-5-17-40-21-15-34-30(40)23-29(32-35-13-14-36-32)37-24-27-8-6-26(7-9-27)22-31(41)42/h6-9,13-15,21,28-29,37H,3-5,10-12,16-20,22-25H2,1-2H3,(H,35,36)(H,41,42). The average Bonchev–Trinajstić information content (AvgIpc) is 3.76. The highest BCUT2D eigenvalue weighted by Gasteiger charge is 2.40. The number of carboxylic acids is 1. The number of hydrogen-bond acceptors (Lipinski definition) is 6. The monoisotopic (exact) mass is 575 g/mol. The lowest BCUT2D eigenvalue weighted by molar-refractivity contribution is -0.136. The summed E-state index contributed by atoms with van der Waals surface area (Å²) in [5.41, 5.74) is 2.46. The van der Waals surface area contributed by atoms with E-state index in [9.17, 15) is 4.79 Å². The normalized spacial score (nSPS) is 18.3. The van der Waals surface area contributed by atoms with Crippen molar-refractivity contribution in [3.8, 4) is 0 Å². The third-order valence-electron chi connectivity index (χ3n) is 9.68. The second kappa shape index (κ2) is 14.4. The molecule has 0 radical (unpaired) electrons. The van der Waals surface area contributed by atoms with Crippen LogP contribution in [0, 0.1) is 5.41 Å². The van der Waals surface area contributed by atoms with Crippen LogP contribution in [0.25, 0.3) is 0 Å². The number of aromatic nitrogens is 4. The second-order valence-corrected chi connectivity index (χ2v) is 12.4. The van der Waals surface area contributed by atoms with Crippen LogP contribution in [0.15, 0.2) is 49.1 Å². The molecule has 2 aliphatic heterocycles. The van der Waals surface area contributed by atoms with Gasteiger partial charge in [-0.1, -0.05) is 38.1 Å². The van der Waals surface area contributed by atoms with Gasteiger partial charge in [-0.25, -0.2) is 9.97 Å². The summed E-state index contributed by atoms with van der Waals surface area (Å²) in [6, 6.07) is 8.51. The average molecular weight is 576 g/mol. The van der Waals surface area contributed by atoms with Crippen molar-refractivity contribution >= 4 is 5.97 Å². The Kier molecular flexibility index (Phi) is 10.5. The molecule has 2 saturated heterocycles. The van der Waals surface area contributed by atoms with Gasteiger partial charge in [0.05, 0.1) is 12.5 Å². The zero-order chi connectivity index (χ0) is 29.4. The molecule has 0 bridgehead atoms. The molecule has 0 saturated carbocycles. The summed E-state index contributed by atoms with van der Waals surface area (Å²) in [5.74, 6) is 1.14. The van der Waals surface area contributed by atoms with E-state index in [1.807, 2.05) is 36.7 Å². The van der Waals surface area contributed by atoms with E-state index < -0.39 is 5.97 Å². The van der Waals surface area contributed by atoms with Crippen LogP contribution in [0.4, 0.5) is 0 Å². The van der Waals surface area contributed by atoms with Crippen LogP contribution >= 0.6 is 0 Å². The van der Waals surface area contributed by atoms with Gasteiger partial charge in [-0.15, -0.1) is 0 Å². The molecule has 2 aromatic heterocycles. The van der Waals surface area contributed by atoms with Crippen molar-refractivity contribution in [2.75, 3.05) is 32.7 Å². The molecule has 3 N–H and O–H groups in total. The number of aromatic amines is 1. The fraction of sp³-hybridized carbons (Fsp3) is 0.606. The first kappa shape index (κ1) is 30.4. The molecule has 2 aliphatic rings. The Hall–Kier alpha value is -3.01. The fourth-order valence-electron chi connectivity index (χ4n) is 7.10. The smallest absolute Gasteiger partial charge is 0.307 e. The van der Waals surface area contributed by atoms with Crippen LogP contribution in [-0.2, 0) is 30.7 Å². The Morgan fingerprint density at radius 3 is 2.45 bits per heavy atom. The van der Waals surface area contributed by atoms with Crippen LogP contribution < -0.4 is 5.32 Å². The number of nitrogens with one attached hydrogen (secondary N) is 2. The molecular formula is C33H49N7O2. The molecule has 0 amide bonds. The topological polar surface area (TPSA) is 102 Å². The number of piperidine rings is 1. The maximum atomic E-state index is 11.0. The highest BCUT2D eigenvalue weighted by atomic mass is 16.4. The number of nitrogens with zero attached hydrogens (tertiary/aromatic N) is 5. The van der Waals surface area contributed by atoms with Gasteiger partial charge in [-0.3, -0.25) is 4.79 Å². The van der Waals surface area contributed by atoms with Gasteiger partial charge in [0, 0.05) is 56.9 Å². The first-order valence-electron chi connectivity index (χ1n) is 16.0. The van der Waals surface area contributed by atoms with Crippen LogP contribution in [0.5, 0.6) is 0 Å². The number of imidazole rings is 2. The Labute approximate surface area is 250 Å². The van der Waals surface area contributed by atoms with Gasteiger partial charge in [-0.2, -0.15) is 0 Å². The summed E-state index contributed by atoms with van der Waals surface area (Å²) in [7, 11) is 0. The molecule has 0 aliphatic carbocycles. The van der Waals surface area contributed by atoms with Crippen molar-refractivity contribution in [2.45, 2.75) is 90.4 Å². The summed E-state index contributed by atoms with van der Waals surface area (Å²) < 4.78 is 2.30. The number of rotatable bonds is 15. The summed E-state index contributed by atoms with van der Waals surface area (Å²) in [5, 5.41) is 12.7. The van der Waals surface area contributed by atoms with Crippen molar-refractivity contribution in [2.24, 2.45) is 5.41 Å². The van der Waals surface area contributed by atoms with Crippen molar-refractivity contribution in [3.63, 3.8) is 0 Å². The van der Waals surface area contributed by atoms with Gasteiger partial charge >= 0.3 is 5.97 Å². The number of benzene rings is 1. The Morgan fingerprint density at radius 2 is 1.76 bits per heavy atom. The minimum absolute atomic E-state index is 0.0100. The number of aryl methyl sites for hydroxylation is 1. The van der Waals surface area contributed by atoms with Crippen molar-refractivity contribution in [1.29, 1.82) is 0 Å². The molecular weight excluding hydrogens is 526 g/mol. The predicted molar refractivity (Wildman–Crippen MR) is 165 cm³/mol. The number of hydrogen-bond donors (Lipinski definition) is 3. The Balaban J connectivity index is 1.11. The molecule has 9 nitrogen and oxygen atoms in total. The quantitative estimate of drug-likeness (QED) is 0.242.